The average Bonchev–Trinajstić information content (AvgIpc) is 3.24. The minimum Gasteiger partial charge on any atom is -0.497 e. The summed E-state index contributed by atoms with van der Waals surface area (Å²) in [6.07, 6.45) is 0. The zero-order chi connectivity index (χ0) is 23.5. The van der Waals surface area contributed by atoms with Crippen LogP contribution >= 0.6 is 11.3 Å². The van der Waals surface area contributed by atoms with Crippen molar-refractivity contribution in [2.45, 2.75) is 13.8 Å². The lowest BCUT2D eigenvalue weighted by molar-refractivity contribution is 0.0520. The molecule has 0 atom stereocenters. The van der Waals surface area contributed by atoms with Crippen molar-refractivity contribution in [3.8, 4) is 11.4 Å². The van der Waals surface area contributed by atoms with Gasteiger partial charge in [-0.3, -0.25) is 9.59 Å². The second kappa shape index (κ2) is 9.25. The molecule has 0 aliphatic carbocycles. The molecule has 0 fully saturated rings. The number of aromatic nitrogens is 2. The fourth-order valence-corrected chi connectivity index (χ4v) is 4.20. The SMILES string of the molecule is CCOC(=O)c1nn(-c2ccc(OC)cc2)c(=O)c2c(NC(=O)c3ccc(C)cc3)scc12. The Morgan fingerprint density at radius 1 is 1.09 bits per heavy atom. The highest BCUT2D eigenvalue weighted by Gasteiger charge is 2.23. The number of anilines is 1. The first-order chi connectivity index (χ1) is 15.9. The molecule has 0 aliphatic heterocycles. The molecule has 1 amide bonds. The number of carbonyl (C=O) groups is 2. The molecule has 0 aliphatic rings. The highest BCUT2D eigenvalue weighted by Crippen LogP contribution is 2.31. The van der Waals surface area contributed by atoms with Gasteiger partial charge in [0.05, 0.1) is 24.8 Å². The van der Waals surface area contributed by atoms with Gasteiger partial charge in [0, 0.05) is 16.3 Å². The summed E-state index contributed by atoms with van der Waals surface area (Å²) in [6.45, 7) is 3.78. The van der Waals surface area contributed by atoms with Crippen molar-refractivity contribution in [3.05, 3.63) is 81.1 Å². The molecule has 2 aromatic carbocycles. The molecule has 1 N–H and O–H groups in total. The van der Waals surface area contributed by atoms with Gasteiger partial charge in [0.2, 0.25) is 0 Å². The molecule has 4 rings (SSSR count). The normalized spacial score (nSPS) is 10.8. The number of nitrogens with zero attached hydrogens (tertiary/aromatic N) is 2. The summed E-state index contributed by atoms with van der Waals surface area (Å²) < 4.78 is 11.5. The van der Waals surface area contributed by atoms with E-state index < -0.39 is 11.5 Å². The minimum absolute atomic E-state index is 0.00523. The summed E-state index contributed by atoms with van der Waals surface area (Å²) in [4.78, 5) is 38.9. The summed E-state index contributed by atoms with van der Waals surface area (Å²) in [5.41, 5.74) is 1.45. The molecule has 0 saturated carbocycles. The van der Waals surface area contributed by atoms with Gasteiger partial charge in [-0.15, -0.1) is 11.3 Å². The van der Waals surface area contributed by atoms with Gasteiger partial charge in [0.25, 0.3) is 11.5 Å². The maximum atomic E-state index is 13.4. The van der Waals surface area contributed by atoms with Gasteiger partial charge < -0.3 is 14.8 Å². The average molecular weight is 464 g/mol. The molecule has 0 spiro atoms. The van der Waals surface area contributed by atoms with E-state index in [1.165, 1.54) is 0 Å². The van der Waals surface area contributed by atoms with E-state index in [1.807, 2.05) is 19.1 Å². The zero-order valence-electron chi connectivity index (χ0n) is 18.2. The lowest BCUT2D eigenvalue weighted by Gasteiger charge is -2.10. The summed E-state index contributed by atoms with van der Waals surface area (Å²) >= 11 is 1.15. The molecule has 2 aromatic heterocycles. The number of hydrogen-bond acceptors (Lipinski definition) is 7. The van der Waals surface area contributed by atoms with Gasteiger partial charge in [0.15, 0.2) is 5.69 Å². The fraction of sp³-hybridized carbons (Fsp3) is 0.167. The first kappa shape index (κ1) is 22.2. The van der Waals surface area contributed by atoms with Gasteiger partial charge in [-0.2, -0.15) is 9.78 Å². The molecular weight excluding hydrogens is 442 g/mol. The predicted octanol–water partition coefficient (Wildman–Crippen LogP) is 4.19. The van der Waals surface area contributed by atoms with Crippen LogP contribution in [-0.4, -0.2) is 35.4 Å². The Labute approximate surface area is 193 Å². The van der Waals surface area contributed by atoms with E-state index in [1.54, 1.807) is 55.8 Å². The number of hydrogen-bond donors (Lipinski definition) is 1. The molecular formula is C24H21N3O5S. The first-order valence-corrected chi connectivity index (χ1v) is 11.0. The number of rotatable bonds is 6. The molecule has 0 unspecified atom stereocenters. The second-order valence-electron chi connectivity index (χ2n) is 7.16. The van der Waals surface area contributed by atoms with Crippen LogP contribution < -0.4 is 15.6 Å². The van der Waals surface area contributed by atoms with Crippen molar-refractivity contribution in [2.75, 3.05) is 19.0 Å². The molecule has 2 heterocycles. The molecule has 0 saturated heterocycles. The summed E-state index contributed by atoms with van der Waals surface area (Å²) in [5, 5.41) is 9.56. The third-order valence-electron chi connectivity index (χ3n) is 4.98. The van der Waals surface area contributed by atoms with Crippen LogP contribution in [0.2, 0.25) is 0 Å². The van der Waals surface area contributed by atoms with Crippen molar-refractivity contribution in [1.82, 2.24) is 9.78 Å². The van der Waals surface area contributed by atoms with E-state index in [4.69, 9.17) is 9.47 Å². The highest BCUT2D eigenvalue weighted by molar-refractivity contribution is 7.16. The van der Waals surface area contributed by atoms with Crippen LogP contribution in [0.15, 0.2) is 58.7 Å². The quantitative estimate of drug-likeness (QED) is 0.431. The Morgan fingerprint density at radius 3 is 2.42 bits per heavy atom. The molecule has 4 aromatic rings. The number of ether oxygens (including phenoxy) is 2. The number of amides is 1. The van der Waals surface area contributed by atoms with Crippen LogP contribution in [0.1, 0.15) is 33.3 Å². The second-order valence-corrected chi connectivity index (χ2v) is 8.04. The Kier molecular flexibility index (Phi) is 6.23. The lowest BCUT2D eigenvalue weighted by atomic mass is 10.1. The van der Waals surface area contributed by atoms with Crippen LogP contribution in [0.5, 0.6) is 5.75 Å². The number of aryl methyl sites for hydroxylation is 1. The number of esters is 1. The number of fused-ring (bicyclic) bond motifs is 1. The van der Waals surface area contributed by atoms with E-state index in [0.717, 1.165) is 21.6 Å². The van der Waals surface area contributed by atoms with Gasteiger partial charge in [-0.1, -0.05) is 17.7 Å². The number of methoxy groups -OCH3 is 1. The van der Waals surface area contributed by atoms with Crippen molar-refractivity contribution in [2.24, 2.45) is 0 Å². The molecule has 9 heteroatoms. The monoisotopic (exact) mass is 463 g/mol. The van der Waals surface area contributed by atoms with Crippen molar-refractivity contribution < 1.29 is 19.1 Å². The smallest absolute Gasteiger partial charge is 0.359 e. The van der Waals surface area contributed by atoms with E-state index in [2.05, 4.69) is 10.4 Å². The minimum atomic E-state index is -0.654. The number of carbonyl (C=O) groups excluding carboxylic acids is 2. The lowest BCUT2D eigenvalue weighted by Crippen LogP contribution is -2.25. The molecule has 0 radical (unpaired) electrons. The van der Waals surface area contributed by atoms with E-state index in [9.17, 15) is 14.4 Å². The number of nitrogens with one attached hydrogen (secondary N) is 1. The largest absolute Gasteiger partial charge is 0.497 e. The fourth-order valence-electron chi connectivity index (χ4n) is 3.27. The first-order valence-electron chi connectivity index (χ1n) is 10.2. The van der Waals surface area contributed by atoms with Crippen LogP contribution in [0.4, 0.5) is 5.00 Å². The highest BCUT2D eigenvalue weighted by atomic mass is 32.1. The maximum absolute atomic E-state index is 13.4. The summed E-state index contributed by atoms with van der Waals surface area (Å²) in [6, 6.07) is 13.8. The van der Waals surface area contributed by atoms with Gasteiger partial charge >= 0.3 is 5.97 Å². The topological polar surface area (TPSA) is 99.5 Å². The third-order valence-corrected chi connectivity index (χ3v) is 5.87. The Balaban J connectivity index is 1.86. The van der Waals surface area contributed by atoms with Gasteiger partial charge in [-0.05, 0) is 50.2 Å². The Hall–Kier alpha value is -3.98. The van der Waals surface area contributed by atoms with E-state index in [0.29, 0.717) is 27.4 Å². The molecule has 8 nitrogen and oxygen atoms in total. The van der Waals surface area contributed by atoms with Crippen LogP contribution in [0.25, 0.3) is 16.5 Å². The van der Waals surface area contributed by atoms with Crippen LogP contribution in [0, 0.1) is 6.92 Å². The summed E-state index contributed by atoms with van der Waals surface area (Å²) in [5.74, 6) is -0.400. The van der Waals surface area contributed by atoms with Crippen LogP contribution in [-0.2, 0) is 4.74 Å². The van der Waals surface area contributed by atoms with E-state index in [-0.39, 0.29) is 23.6 Å². The number of benzene rings is 2. The zero-order valence-corrected chi connectivity index (χ0v) is 19.1. The standard InChI is InChI=1S/C24H21N3O5S/c1-4-32-24(30)20-18-13-33-22(25-21(28)15-7-5-14(2)6-8-15)19(18)23(29)27(26-20)16-9-11-17(31-3)12-10-16/h5-13H,4H2,1-3H3,(H,25,28). The van der Waals surface area contributed by atoms with Crippen LogP contribution in [0.3, 0.4) is 0 Å². The molecule has 33 heavy (non-hydrogen) atoms. The summed E-state index contributed by atoms with van der Waals surface area (Å²) in [7, 11) is 1.54. The Bertz CT molecular complexity index is 1390. The molecule has 168 valence electrons. The Morgan fingerprint density at radius 2 is 1.79 bits per heavy atom. The van der Waals surface area contributed by atoms with Crippen molar-refractivity contribution in [3.63, 3.8) is 0 Å². The van der Waals surface area contributed by atoms with Crippen molar-refractivity contribution >= 4 is 39.0 Å². The van der Waals surface area contributed by atoms with Gasteiger partial charge in [0.1, 0.15) is 10.8 Å². The molecule has 0 bridgehead atoms. The van der Waals surface area contributed by atoms with Crippen molar-refractivity contribution in [1.29, 1.82) is 0 Å². The maximum Gasteiger partial charge on any atom is 0.359 e. The third kappa shape index (κ3) is 4.35. The van der Waals surface area contributed by atoms with E-state index >= 15 is 0 Å². The predicted molar refractivity (Wildman–Crippen MR) is 127 cm³/mol. The number of thiophene rings is 1. The van der Waals surface area contributed by atoms with Gasteiger partial charge in [-0.25, -0.2) is 4.79 Å².